The van der Waals surface area contributed by atoms with Gasteiger partial charge in [0.25, 0.3) is 5.91 Å². The van der Waals surface area contributed by atoms with Gasteiger partial charge < -0.3 is 0 Å². The van der Waals surface area contributed by atoms with Crippen LogP contribution in [0, 0.1) is 21.7 Å². The van der Waals surface area contributed by atoms with Crippen LogP contribution >= 0.6 is 0 Å². The molecule has 0 aromatic heterocycles. The summed E-state index contributed by atoms with van der Waals surface area (Å²) in [5.74, 6) is 1.03. The number of halogens is 2. The molecule has 6 nitrogen and oxygen atoms in total. The molecule has 80 valence electrons. The molecule has 8 heteroatoms. The number of nitrogens with one attached hydrogen (secondary N) is 1. The summed E-state index contributed by atoms with van der Waals surface area (Å²) in [6.07, 6.45) is 0. The topological polar surface area (TPSA) is 98.3 Å². The molecule has 0 bridgehead atoms. The van der Waals surface area contributed by atoms with Crippen molar-refractivity contribution in [2.45, 2.75) is 0 Å². The number of carbonyl (C=O) groups is 1. The van der Waals surface area contributed by atoms with Crippen molar-refractivity contribution in [1.29, 1.82) is 0 Å². The van der Waals surface area contributed by atoms with E-state index in [4.69, 9.17) is 5.84 Å². The summed E-state index contributed by atoms with van der Waals surface area (Å²) in [5.41, 5.74) is -0.385. The fourth-order valence-corrected chi connectivity index (χ4v) is 0.951. The lowest BCUT2D eigenvalue weighted by Crippen LogP contribution is -2.31. The predicted octanol–water partition coefficient (Wildman–Crippen LogP) is 0.476. The van der Waals surface area contributed by atoms with Crippen molar-refractivity contribution < 1.29 is 18.5 Å². The first-order valence-electron chi connectivity index (χ1n) is 3.61. The fourth-order valence-electron chi connectivity index (χ4n) is 0.951. The van der Waals surface area contributed by atoms with Crippen LogP contribution in [0.5, 0.6) is 0 Å². The van der Waals surface area contributed by atoms with E-state index in [0.29, 0.717) is 12.1 Å². The van der Waals surface area contributed by atoms with E-state index in [2.05, 4.69) is 0 Å². The van der Waals surface area contributed by atoms with Crippen molar-refractivity contribution in [3.63, 3.8) is 0 Å². The number of nitrogens with zero attached hydrogens (tertiary/aromatic N) is 1. The molecule has 0 radical (unpaired) electrons. The maximum atomic E-state index is 13.2. The summed E-state index contributed by atoms with van der Waals surface area (Å²) in [6, 6.07) is 0.896. The monoisotopic (exact) mass is 217 g/mol. The van der Waals surface area contributed by atoms with E-state index in [-0.39, 0.29) is 0 Å². The number of nitro groups is 1. The minimum absolute atomic E-state index is 0.378. The number of nitrogen functional groups attached to an aromatic ring is 1. The summed E-state index contributed by atoms with van der Waals surface area (Å²) in [7, 11) is 0. The van der Waals surface area contributed by atoms with Crippen LogP contribution < -0.4 is 11.3 Å². The molecule has 0 saturated heterocycles. The predicted molar refractivity (Wildman–Crippen MR) is 44.7 cm³/mol. The molecule has 1 aromatic carbocycles. The zero-order valence-corrected chi connectivity index (χ0v) is 7.16. The Morgan fingerprint density at radius 1 is 1.47 bits per heavy atom. The molecule has 0 saturated carbocycles. The van der Waals surface area contributed by atoms with Crippen molar-refractivity contribution >= 4 is 11.6 Å². The molecule has 1 aromatic rings. The second kappa shape index (κ2) is 3.96. The number of nitro benzene ring substituents is 1. The Balaban J connectivity index is 3.41. The third-order valence-corrected chi connectivity index (χ3v) is 1.59. The van der Waals surface area contributed by atoms with Crippen molar-refractivity contribution in [2.75, 3.05) is 0 Å². The van der Waals surface area contributed by atoms with Crippen LogP contribution in [0.3, 0.4) is 0 Å². The number of hydrogen-bond acceptors (Lipinski definition) is 4. The van der Waals surface area contributed by atoms with Gasteiger partial charge in [0.15, 0.2) is 0 Å². The number of hydrogen-bond donors (Lipinski definition) is 2. The Morgan fingerprint density at radius 3 is 2.53 bits per heavy atom. The highest BCUT2D eigenvalue weighted by Crippen LogP contribution is 2.22. The van der Waals surface area contributed by atoms with Gasteiger partial charge in [-0.3, -0.25) is 20.3 Å². The number of carbonyl (C=O) groups excluding carboxylic acids is 1. The molecule has 15 heavy (non-hydrogen) atoms. The Hall–Kier alpha value is -2.09. The molecule has 0 aliphatic carbocycles. The normalized spacial score (nSPS) is 9.80. The number of nitrogens with two attached hydrogens (primary N) is 1. The quantitative estimate of drug-likeness (QED) is 0.325. The van der Waals surface area contributed by atoms with Crippen molar-refractivity contribution in [3.05, 3.63) is 39.4 Å². The zero-order valence-electron chi connectivity index (χ0n) is 7.16. The molecule has 1 amide bonds. The lowest BCUT2D eigenvalue weighted by molar-refractivity contribution is -0.387. The van der Waals surface area contributed by atoms with E-state index < -0.39 is 33.7 Å². The van der Waals surface area contributed by atoms with Gasteiger partial charge in [-0.05, 0) is 6.07 Å². The lowest BCUT2D eigenvalue weighted by Gasteiger charge is -2.02. The largest absolute Gasteiger partial charge is 0.308 e. The summed E-state index contributed by atoms with van der Waals surface area (Å²) >= 11 is 0. The van der Waals surface area contributed by atoms with Gasteiger partial charge in [-0.1, -0.05) is 0 Å². The van der Waals surface area contributed by atoms with Crippen LogP contribution in [0.25, 0.3) is 0 Å². The molecule has 0 unspecified atom stereocenters. The molecular weight excluding hydrogens is 212 g/mol. The minimum Gasteiger partial charge on any atom is -0.290 e. The molecule has 0 spiro atoms. The van der Waals surface area contributed by atoms with Crippen molar-refractivity contribution in [1.82, 2.24) is 5.43 Å². The molecule has 0 aliphatic rings. The van der Waals surface area contributed by atoms with Crippen LogP contribution in [0.4, 0.5) is 14.5 Å². The van der Waals surface area contributed by atoms with Crippen molar-refractivity contribution in [2.24, 2.45) is 5.84 Å². The van der Waals surface area contributed by atoms with Gasteiger partial charge in [0, 0.05) is 0 Å². The Morgan fingerprint density at radius 2 is 2.07 bits per heavy atom. The van der Waals surface area contributed by atoms with E-state index in [0.717, 1.165) is 0 Å². The molecule has 0 heterocycles. The molecule has 1 rings (SSSR count). The van der Waals surface area contributed by atoms with Gasteiger partial charge in [0.05, 0.1) is 16.6 Å². The van der Waals surface area contributed by atoms with Crippen LogP contribution in [0.15, 0.2) is 12.1 Å². The summed E-state index contributed by atoms with van der Waals surface area (Å²) in [4.78, 5) is 20.0. The average Bonchev–Trinajstić information content (AvgIpc) is 2.19. The maximum Gasteiger partial charge on any atom is 0.308 e. The first-order valence-corrected chi connectivity index (χ1v) is 3.61. The first-order chi connectivity index (χ1) is 6.97. The standard InChI is InChI=1S/C7H5F2N3O3/c8-3-1-4(7(13)11-10)6(9)5(2-3)12(14)15/h1-2H,10H2,(H,11,13). The van der Waals surface area contributed by atoms with Crippen LogP contribution in [-0.4, -0.2) is 10.8 Å². The molecule has 0 aliphatic heterocycles. The van der Waals surface area contributed by atoms with E-state index in [1.165, 1.54) is 0 Å². The van der Waals surface area contributed by atoms with Crippen LogP contribution in [-0.2, 0) is 0 Å². The fraction of sp³-hybridized carbons (Fsp3) is 0. The van der Waals surface area contributed by atoms with E-state index in [1.54, 1.807) is 5.43 Å². The summed E-state index contributed by atoms with van der Waals surface area (Å²) in [6.45, 7) is 0. The van der Waals surface area contributed by atoms with Gasteiger partial charge in [-0.2, -0.15) is 4.39 Å². The molecular formula is C7H5F2N3O3. The SMILES string of the molecule is NNC(=O)c1cc(F)cc([N+](=O)[O-])c1F. The van der Waals surface area contributed by atoms with E-state index in [1.807, 2.05) is 0 Å². The minimum atomic E-state index is -1.43. The van der Waals surface area contributed by atoms with E-state index >= 15 is 0 Å². The van der Waals surface area contributed by atoms with Crippen LogP contribution in [0.1, 0.15) is 10.4 Å². The van der Waals surface area contributed by atoms with Gasteiger partial charge in [-0.15, -0.1) is 0 Å². The summed E-state index contributed by atoms with van der Waals surface area (Å²) in [5, 5.41) is 10.3. The molecule has 0 fully saturated rings. The molecule has 0 atom stereocenters. The van der Waals surface area contributed by atoms with Gasteiger partial charge in [0.1, 0.15) is 5.82 Å². The number of benzene rings is 1. The van der Waals surface area contributed by atoms with E-state index in [9.17, 15) is 23.7 Å². The lowest BCUT2D eigenvalue weighted by atomic mass is 10.1. The Bertz CT molecular complexity index is 436. The second-order valence-electron chi connectivity index (χ2n) is 2.52. The number of hydrazine groups is 1. The zero-order chi connectivity index (χ0) is 11.6. The van der Waals surface area contributed by atoms with Crippen LogP contribution in [0.2, 0.25) is 0 Å². The molecule has 3 N–H and O–H groups in total. The third-order valence-electron chi connectivity index (χ3n) is 1.59. The average molecular weight is 217 g/mol. The van der Waals surface area contributed by atoms with Gasteiger partial charge in [0.2, 0.25) is 5.82 Å². The highest BCUT2D eigenvalue weighted by Gasteiger charge is 2.23. The number of amides is 1. The smallest absolute Gasteiger partial charge is 0.290 e. The van der Waals surface area contributed by atoms with Gasteiger partial charge in [-0.25, -0.2) is 10.2 Å². The van der Waals surface area contributed by atoms with Gasteiger partial charge >= 0.3 is 5.69 Å². The summed E-state index contributed by atoms with van der Waals surface area (Å²) < 4.78 is 26.0. The highest BCUT2D eigenvalue weighted by atomic mass is 19.1. The maximum absolute atomic E-state index is 13.2. The Kier molecular flexibility index (Phi) is 2.90. The second-order valence-corrected chi connectivity index (χ2v) is 2.52. The van der Waals surface area contributed by atoms with Crippen molar-refractivity contribution in [3.8, 4) is 0 Å². The number of rotatable bonds is 2. The highest BCUT2D eigenvalue weighted by molar-refractivity contribution is 5.94. The third kappa shape index (κ3) is 2.05. The first kappa shape index (κ1) is 11.0. The Labute approximate surface area is 81.8 Å².